The van der Waals surface area contributed by atoms with Gasteiger partial charge in [0.2, 0.25) is 0 Å². The first-order valence-corrected chi connectivity index (χ1v) is 3.71. The zero-order valence-corrected chi connectivity index (χ0v) is 6.68. The Hall–Kier alpha value is -0.120. The van der Waals surface area contributed by atoms with E-state index in [9.17, 15) is 0 Å². The zero-order chi connectivity index (χ0) is 7.61. The molecule has 0 spiro atoms. The first-order valence-electron chi connectivity index (χ1n) is 3.71. The molecule has 0 aromatic carbocycles. The second-order valence-electron chi connectivity index (χ2n) is 3.55. The molecular formula is C7H16N2O. The molecule has 3 heteroatoms. The third-order valence-electron chi connectivity index (χ3n) is 2.17. The molecular weight excluding hydrogens is 128 g/mol. The average molecular weight is 144 g/mol. The molecule has 0 radical (unpaired) electrons. The van der Waals surface area contributed by atoms with Crippen molar-refractivity contribution in [2.75, 3.05) is 13.2 Å². The van der Waals surface area contributed by atoms with Gasteiger partial charge in [-0.25, -0.2) is 0 Å². The molecule has 1 rings (SSSR count). The average Bonchev–Trinajstić information content (AvgIpc) is 1.87. The van der Waals surface area contributed by atoms with E-state index in [2.05, 4.69) is 19.3 Å². The van der Waals surface area contributed by atoms with Crippen LogP contribution in [0.2, 0.25) is 0 Å². The third kappa shape index (κ3) is 1.48. The minimum Gasteiger partial charge on any atom is -0.381 e. The monoisotopic (exact) mass is 144 g/mol. The van der Waals surface area contributed by atoms with E-state index in [-0.39, 0.29) is 5.41 Å². The van der Waals surface area contributed by atoms with Gasteiger partial charge in [-0.3, -0.25) is 11.3 Å². The molecule has 1 unspecified atom stereocenters. The van der Waals surface area contributed by atoms with Gasteiger partial charge in [0.15, 0.2) is 0 Å². The van der Waals surface area contributed by atoms with Gasteiger partial charge in [0.25, 0.3) is 0 Å². The van der Waals surface area contributed by atoms with E-state index in [1.54, 1.807) is 0 Å². The quantitative estimate of drug-likeness (QED) is 0.410. The summed E-state index contributed by atoms with van der Waals surface area (Å²) in [4.78, 5) is 0. The summed E-state index contributed by atoms with van der Waals surface area (Å²) in [7, 11) is 0. The van der Waals surface area contributed by atoms with E-state index in [4.69, 9.17) is 10.6 Å². The van der Waals surface area contributed by atoms with E-state index >= 15 is 0 Å². The Bertz CT molecular complexity index is 114. The van der Waals surface area contributed by atoms with Crippen LogP contribution in [0.4, 0.5) is 0 Å². The molecule has 3 nitrogen and oxygen atoms in total. The van der Waals surface area contributed by atoms with E-state index in [0.29, 0.717) is 6.04 Å². The van der Waals surface area contributed by atoms with Gasteiger partial charge < -0.3 is 4.74 Å². The van der Waals surface area contributed by atoms with Crippen LogP contribution < -0.4 is 11.3 Å². The van der Waals surface area contributed by atoms with Crippen LogP contribution in [0.3, 0.4) is 0 Å². The fraction of sp³-hybridized carbons (Fsp3) is 1.00. The normalized spacial score (nSPS) is 32.1. The number of nitrogens with one attached hydrogen (secondary N) is 1. The van der Waals surface area contributed by atoms with Gasteiger partial charge in [-0.1, -0.05) is 13.8 Å². The highest BCUT2D eigenvalue weighted by Crippen LogP contribution is 2.26. The summed E-state index contributed by atoms with van der Waals surface area (Å²) in [5.41, 5.74) is 3.00. The Labute approximate surface area is 61.9 Å². The summed E-state index contributed by atoms with van der Waals surface area (Å²) in [6, 6.07) is 0.404. The molecule has 1 aliphatic rings. The molecule has 60 valence electrons. The maximum absolute atomic E-state index is 5.37. The van der Waals surface area contributed by atoms with Crippen molar-refractivity contribution >= 4 is 0 Å². The third-order valence-corrected chi connectivity index (χ3v) is 2.17. The van der Waals surface area contributed by atoms with Crippen LogP contribution in [-0.4, -0.2) is 19.3 Å². The van der Waals surface area contributed by atoms with Crippen LogP contribution in [-0.2, 0) is 4.74 Å². The lowest BCUT2D eigenvalue weighted by Crippen LogP contribution is -2.51. The molecule has 0 aromatic heterocycles. The van der Waals surface area contributed by atoms with Crippen LogP contribution in [0, 0.1) is 5.41 Å². The molecule has 10 heavy (non-hydrogen) atoms. The minimum atomic E-state index is 0.188. The van der Waals surface area contributed by atoms with Gasteiger partial charge in [0.05, 0.1) is 6.61 Å². The molecule has 1 aliphatic heterocycles. The number of hydrogen-bond acceptors (Lipinski definition) is 3. The SMILES string of the molecule is CC1(C)COCCC1NN. The Kier molecular flexibility index (Phi) is 2.28. The van der Waals surface area contributed by atoms with Crippen molar-refractivity contribution < 1.29 is 4.74 Å². The second-order valence-corrected chi connectivity index (χ2v) is 3.55. The van der Waals surface area contributed by atoms with Crippen molar-refractivity contribution in [2.24, 2.45) is 11.3 Å². The molecule has 1 heterocycles. The Morgan fingerprint density at radius 2 is 2.30 bits per heavy atom. The van der Waals surface area contributed by atoms with Gasteiger partial charge >= 0.3 is 0 Å². The van der Waals surface area contributed by atoms with Crippen LogP contribution >= 0.6 is 0 Å². The molecule has 0 amide bonds. The van der Waals surface area contributed by atoms with E-state index < -0.39 is 0 Å². The molecule has 0 bridgehead atoms. The summed E-state index contributed by atoms with van der Waals surface area (Å²) in [6.07, 6.45) is 1.02. The van der Waals surface area contributed by atoms with Gasteiger partial charge in [-0.05, 0) is 6.42 Å². The van der Waals surface area contributed by atoms with Gasteiger partial charge in [-0.2, -0.15) is 0 Å². The molecule has 1 atom stereocenters. The number of nitrogens with two attached hydrogens (primary N) is 1. The summed E-state index contributed by atoms with van der Waals surface area (Å²) >= 11 is 0. The van der Waals surface area contributed by atoms with E-state index in [1.165, 1.54) is 0 Å². The van der Waals surface area contributed by atoms with E-state index in [1.807, 2.05) is 0 Å². The topological polar surface area (TPSA) is 47.3 Å². The summed E-state index contributed by atoms with van der Waals surface area (Å²) < 4.78 is 5.32. The lowest BCUT2D eigenvalue weighted by molar-refractivity contribution is -0.0130. The largest absolute Gasteiger partial charge is 0.381 e. The number of hydrogen-bond donors (Lipinski definition) is 2. The van der Waals surface area contributed by atoms with Gasteiger partial charge in [0, 0.05) is 18.1 Å². The van der Waals surface area contributed by atoms with Crippen molar-refractivity contribution in [3.63, 3.8) is 0 Å². The van der Waals surface area contributed by atoms with Crippen molar-refractivity contribution in [3.05, 3.63) is 0 Å². The molecule has 3 N–H and O–H groups in total. The minimum absolute atomic E-state index is 0.188. The lowest BCUT2D eigenvalue weighted by Gasteiger charge is -2.37. The van der Waals surface area contributed by atoms with Crippen LogP contribution in [0.25, 0.3) is 0 Å². The maximum Gasteiger partial charge on any atom is 0.0532 e. The Balaban J connectivity index is 2.51. The number of ether oxygens (including phenoxy) is 1. The molecule has 1 fully saturated rings. The number of rotatable bonds is 1. The molecule has 0 saturated carbocycles. The predicted octanol–water partition coefficient (Wildman–Crippen LogP) is 0.265. The zero-order valence-electron chi connectivity index (χ0n) is 6.68. The Morgan fingerprint density at radius 3 is 2.70 bits per heavy atom. The van der Waals surface area contributed by atoms with Crippen LogP contribution in [0.5, 0.6) is 0 Å². The molecule has 1 saturated heterocycles. The van der Waals surface area contributed by atoms with Gasteiger partial charge in [0.1, 0.15) is 0 Å². The van der Waals surface area contributed by atoms with Gasteiger partial charge in [-0.15, -0.1) is 0 Å². The lowest BCUT2D eigenvalue weighted by atomic mass is 9.82. The summed E-state index contributed by atoms with van der Waals surface area (Å²) in [5, 5.41) is 0. The summed E-state index contributed by atoms with van der Waals surface area (Å²) in [6.45, 7) is 5.97. The molecule has 0 aromatic rings. The van der Waals surface area contributed by atoms with Crippen molar-refractivity contribution in [3.8, 4) is 0 Å². The Morgan fingerprint density at radius 1 is 1.60 bits per heavy atom. The first kappa shape index (κ1) is 7.98. The highest BCUT2D eigenvalue weighted by Gasteiger charge is 2.31. The van der Waals surface area contributed by atoms with Crippen LogP contribution in [0.15, 0.2) is 0 Å². The fourth-order valence-electron chi connectivity index (χ4n) is 1.34. The van der Waals surface area contributed by atoms with Crippen molar-refractivity contribution in [2.45, 2.75) is 26.3 Å². The fourth-order valence-corrected chi connectivity index (χ4v) is 1.34. The highest BCUT2D eigenvalue weighted by atomic mass is 16.5. The maximum atomic E-state index is 5.37. The van der Waals surface area contributed by atoms with Crippen molar-refractivity contribution in [1.82, 2.24) is 5.43 Å². The standard InChI is InChI=1S/C7H16N2O/c1-7(2)5-10-4-3-6(7)9-8/h6,9H,3-5,8H2,1-2H3. The smallest absolute Gasteiger partial charge is 0.0532 e. The summed E-state index contributed by atoms with van der Waals surface area (Å²) in [5.74, 6) is 5.37. The van der Waals surface area contributed by atoms with E-state index in [0.717, 1.165) is 19.6 Å². The number of hydrazine groups is 1. The van der Waals surface area contributed by atoms with Crippen molar-refractivity contribution in [1.29, 1.82) is 0 Å². The predicted molar refractivity (Wildman–Crippen MR) is 40.3 cm³/mol. The highest BCUT2D eigenvalue weighted by molar-refractivity contribution is 4.85. The second kappa shape index (κ2) is 2.86. The first-order chi connectivity index (χ1) is 4.67. The molecule has 0 aliphatic carbocycles. The van der Waals surface area contributed by atoms with Crippen LogP contribution in [0.1, 0.15) is 20.3 Å².